The van der Waals surface area contributed by atoms with Crippen LogP contribution in [0.25, 0.3) is 22.4 Å². The Kier molecular flexibility index (Phi) is 3.33. The summed E-state index contributed by atoms with van der Waals surface area (Å²) >= 11 is 0. The van der Waals surface area contributed by atoms with E-state index >= 15 is 0 Å². The third-order valence-corrected chi connectivity index (χ3v) is 4.81. The predicted molar refractivity (Wildman–Crippen MR) is 95.7 cm³/mol. The molecule has 0 bridgehead atoms. The number of benzene rings is 2. The summed E-state index contributed by atoms with van der Waals surface area (Å²) in [5.41, 5.74) is 3.58. The Hall–Kier alpha value is -2.86. The number of amides is 1. The summed E-state index contributed by atoms with van der Waals surface area (Å²) in [6.07, 6.45) is 0. The van der Waals surface area contributed by atoms with Crippen LogP contribution in [0.1, 0.15) is 19.4 Å². The number of fused-ring (bicyclic) bond motifs is 2. The maximum absolute atomic E-state index is 12.7. The molecule has 1 amide bonds. The van der Waals surface area contributed by atoms with Crippen LogP contribution in [0, 0.1) is 0 Å². The molecule has 128 valence electrons. The van der Waals surface area contributed by atoms with Gasteiger partial charge in [0.05, 0.1) is 28.7 Å². The molecule has 1 aromatic heterocycles. The number of aromatic hydroxyl groups is 1. The molecule has 2 aromatic carbocycles. The number of aromatic amines is 1. The average molecular weight is 337 g/mol. The van der Waals surface area contributed by atoms with E-state index in [-0.39, 0.29) is 24.8 Å². The van der Waals surface area contributed by atoms with Crippen molar-refractivity contribution in [2.45, 2.75) is 19.3 Å². The van der Waals surface area contributed by atoms with E-state index in [2.05, 4.69) is 9.97 Å². The number of anilines is 1. The second kappa shape index (κ2) is 5.32. The second-order valence-corrected chi connectivity index (χ2v) is 6.82. The molecular formula is C19H19N3O3. The number of hydrogen-bond acceptors (Lipinski definition) is 4. The van der Waals surface area contributed by atoms with E-state index in [0.29, 0.717) is 5.82 Å². The van der Waals surface area contributed by atoms with E-state index < -0.39 is 5.41 Å². The van der Waals surface area contributed by atoms with Crippen molar-refractivity contribution in [2.75, 3.05) is 18.1 Å². The highest BCUT2D eigenvalue weighted by atomic mass is 16.3. The van der Waals surface area contributed by atoms with E-state index in [0.717, 1.165) is 27.8 Å². The lowest BCUT2D eigenvalue weighted by Crippen LogP contribution is -2.37. The van der Waals surface area contributed by atoms with E-state index in [1.54, 1.807) is 29.2 Å². The van der Waals surface area contributed by atoms with Crippen LogP contribution in [0.5, 0.6) is 5.75 Å². The van der Waals surface area contributed by atoms with Gasteiger partial charge in [-0.1, -0.05) is 0 Å². The first-order valence-corrected chi connectivity index (χ1v) is 8.18. The van der Waals surface area contributed by atoms with E-state index in [1.807, 2.05) is 26.0 Å². The molecule has 6 heteroatoms. The van der Waals surface area contributed by atoms with Gasteiger partial charge in [-0.15, -0.1) is 0 Å². The fraction of sp³-hybridized carbons (Fsp3) is 0.263. The molecule has 0 radical (unpaired) electrons. The smallest absolute Gasteiger partial charge is 0.237 e. The van der Waals surface area contributed by atoms with Crippen molar-refractivity contribution in [1.29, 1.82) is 0 Å². The number of nitrogens with one attached hydrogen (secondary N) is 1. The van der Waals surface area contributed by atoms with Gasteiger partial charge in [-0.25, -0.2) is 4.98 Å². The first-order valence-electron chi connectivity index (χ1n) is 8.18. The molecule has 3 N–H and O–H groups in total. The average Bonchev–Trinajstić information content (AvgIpc) is 3.08. The summed E-state index contributed by atoms with van der Waals surface area (Å²) < 4.78 is 0. The normalized spacial score (nSPS) is 15.8. The first-order chi connectivity index (χ1) is 11.9. The van der Waals surface area contributed by atoms with Crippen LogP contribution in [-0.2, 0) is 10.2 Å². The Labute approximate surface area is 144 Å². The number of rotatable bonds is 3. The molecule has 3 aromatic rings. The molecule has 0 spiro atoms. The van der Waals surface area contributed by atoms with Gasteiger partial charge in [0.15, 0.2) is 0 Å². The molecule has 1 aliphatic rings. The molecule has 6 nitrogen and oxygen atoms in total. The molecule has 0 saturated carbocycles. The van der Waals surface area contributed by atoms with Crippen LogP contribution >= 0.6 is 0 Å². The predicted octanol–water partition coefficient (Wildman–Crippen LogP) is 2.55. The van der Waals surface area contributed by atoms with Crippen molar-refractivity contribution >= 4 is 22.6 Å². The molecule has 25 heavy (non-hydrogen) atoms. The van der Waals surface area contributed by atoms with Crippen LogP contribution in [0.2, 0.25) is 0 Å². The van der Waals surface area contributed by atoms with Gasteiger partial charge in [-0.2, -0.15) is 0 Å². The Morgan fingerprint density at radius 2 is 1.92 bits per heavy atom. The zero-order chi connectivity index (χ0) is 17.8. The Bertz CT molecular complexity index is 973. The number of β-amino-alcohol motifs (C(OH)–C–C–N with tert-alkyl or cyclic N) is 1. The summed E-state index contributed by atoms with van der Waals surface area (Å²) in [7, 11) is 0. The summed E-state index contributed by atoms with van der Waals surface area (Å²) in [4.78, 5) is 22.2. The SMILES string of the molecule is CC1(C)C(=O)N(CCO)c2cc3[nH]c(-c4ccc(O)cc4)nc3cc21. The Morgan fingerprint density at radius 1 is 1.20 bits per heavy atom. The molecule has 1 aliphatic heterocycles. The van der Waals surface area contributed by atoms with Crippen molar-refractivity contribution < 1.29 is 15.0 Å². The van der Waals surface area contributed by atoms with Gasteiger partial charge < -0.3 is 20.1 Å². The Balaban J connectivity index is 1.86. The molecule has 0 unspecified atom stereocenters. The number of phenols is 1. The van der Waals surface area contributed by atoms with Gasteiger partial charge in [0.2, 0.25) is 5.91 Å². The topological polar surface area (TPSA) is 89.5 Å². The highest BCUT2D eigenvalue weighted by Crippen LogP contribution is 2.43. The minimum Gasteiger partial charge on any atom is -0.508 e. The lowest BCUT2D eigenvalue weighted by molar-refractivity contribution is -0.122. The monoisotopic (exact) mass is 337 g/mol. The number of aliphatic hydroxyl groups excluding tert-OH is 1. The number of phenolic OH excluding ortho intramolecular Hbond substituents is 1. The van der Waals surface area contributed by atoms with Crippen LogP contribution < -0.4 is 4.90 Å². The maximum atomic E-state index is 12.7. The van der Waals surface area contributed by atoms with Gasteiger partial charge in [0.25, 0.3) is 0 Å². The minimum atomic E-state index is -0.643. The van der Waals surface area contributed by atoms with Crippen molar-refractivity contribution in [2.24, 2.45) is 0 Å². The number of hydrogen-bond donors (Lipinski definition) is 3. The van der Waals surface area contributed by atoms with E-state index in [9.17, 15) is 15.0 Å². The molecule has 0 saturated heterocycles. The second-order valence-electron chi connectivity index (χ2n) is 6.82. The Morgan fingerprint density at radius 3 is 2.60 bits per heavy atom. The van der Waals surface area contributed by atoms with Gasteiger partial charge in [-0.05, 0) is 55.8 Å². The molecule has 2 heterocycles. The quantitative estimate of drug-likeness (QED) is 0.685. The van der Waals surface area contributed by atoms with Crippen LogP contribution in [0.4, 0.5) is 5.69 Å². The molecule has 0 fully saturated rings. The summed E-state index contributed by atoms with van der Waals surface area (Å²) in [5.74, 6) is 0.901. The minimum absolute atomic E-state index is 0.0111. The third-order valence-electron chi connectivity index (χ3n) is 4.81. The van der Waals surface area contributed by atoms with Crippen LogP contribution in [0.15, 0.2) is 36.4 Å². The zero-order valence-corrected chi connectivity index (χ0v) is 14.1. The largest absolute Gasteiger partial charge is 0.508 e. The maximum Gasteiger partial charge on any atom is 0.237 e. The number of H-pyrrole nitrogens is 1. The lowest BCUT2D eigenvalue weighted by atomic mass is 9.86. The fourth-order valence-corrected chi connectivity index (χ4v) is 3.41. The van der Waals surface area contributed by atoms with Crippen molar-refractivity contribution in [3.05, 3.63) is 42.0 Å². The van der Waals surface area contributed by atoms with Gasteiger partial charge in [0.1, 0.15) is 11.6 Å². The lowest BCUT2D eigenvalue weighted by Gasteiger charge is -2.19. The highest BCUT2D eigenvalue weighted by molar-refractivity contribution is 6.09. The van der Waals surface area contributed by atoms with E-state index in [4.69, 9.17) is 0 Å². The third kappa shape index (κ3) is 2.29. The van der Waals surface area contributed by atoms with Gasteiger partial charge in [-0.3, -0.25) is 4.79 Å². The number of imidazole rings is 1. The van der Waals surface area contributed by atoms with Crippen molar-refractivity contribution in [3.63, 3.8) is 0 Å². The first kappa shape index (κ1) is 15.7. The molecule has 4 rings (SSSR count). The number of carbonyl (C=O) groups is 1. The van der Waals surface area contributed by atoms with Gasteiger partial charge in [0, 0.05) is 12.1 Å². The standard InChI is InChI=1S/C19H19N3O3/c1-19(2)13-9-14-15(10-16(13)22(7-8-23)18(19)25)21-17(20-14)11-3-5-12(24)6-4-11/h3-6,9-10,23-24H,7-8H2,1-2H3,(H,20,21). The van der Waals surface area contributed by atoms with Crippen molar-refractivity contribution in [3.8, 4) is 17.1 Å². The van der Waals surface area contributed by atoms with Crippen molar-refractivity contribution in [1.82, 2.24) is 9.97 Å². The number of aromatic nitrogens is 2. The highest BCUT2D eigenvalue weighted by Gasteiger charge is 2.44. The fourth-order valence-electron chi connectivity index (χ4n) is 3.41. The summed E-state index contributed by atoms with van der Waals surface area (Å²) in [6, 6.07) is 10.7. The zero-order valence-electron chi connectivity index (χ0n) is 14.1. The number of carbonyl (C=O) groups excluding carboxylic acids is 1. The summed E-state index contributed by atoms with van der Waals surface area (Å²) in [6.45, 7) is 3.98. The summed E-state index contributed by atoms with van der Waals surface area (Å²) in [5, 5.41) is 18.7. The van der Waals surface area contributed by atoms with E-state index in [1.165, 1.54) is 0 Å². The number of nitrogens with zero attached hydrogens (tertiary/aromatic N) is 2. The van der Waals surface area contributed by atoms with Crippen LogP contribution in [-0.4, -0.2) is 39.2 Å². The van der Waals surface area contributed by atoms with Crippen LogP contribution in [0.3, 0.4) is 0 Å². The number of aliphatic hydroxyl groups is 1. The molecule has 0 atom stereocenters. The molecule has 0 aliphatic carbocycles. The molecular weight excluding hydrogens is 318 g/mol. The van der Waals surface area contributed by atoms with Gasteiger partial charge >= 0.3 is 0 Å².